The average molecular weight is 306 g/mol. The molecule has 2 atom stereocenters. The van der Waals surface area contributed by atoms with Crippen molar-refractivity contribution in [1.82, 2.24) is 9.88 Å². The molecule has 0 radical (unpaired) electrons. The third-order valence-corrected chi connectivity index (χ3v) is 5.25. The van der Waals surface area contributed by atoms with Gasteiger partial charge in [-0.05, 0) is 25.5 Å². The van der Waals surface area contributed by atoms with Gasteiger partial charge in [-0.25, -0.2) is 9.78 Å². The fourth-order valence-corrected chi connectivity index (χ4v) is 3.07. The zero-order valence-corrected chi connectivity index (χ0v) is 13.6. The summed E-state index contributed by atoms with van der Waals surface area (Å²) in [7, 11) is 3.45. The highest BCUT2D eigenvalue weighted by molar-refractivity contribution is 5.95. The molecule has 1 heterocycles. The zero-order chi connectivity index (χ0) is 16.7. The van der Waals surface area contributed by atoms with E-state index >= 15 is 0 Å². The van der Waals surface area contributed by atoms with Crippen LogP contribution in [0.15, 0.2) is 18.3 Å². The Morgan fingerprint density at radius 3 is 2.41 bits per heavy atom. The van der Waals surface area contributed by atoms with Crippen molar-refractivity contribution in [2.24, 2.45) is 5.41 Å². The molecule has 1 aromatic rings. The topological polar surface area (TPSA) is 79.7 Å². The molecule has 0 spiro atoms. The predicted molar refractivity (Wildman–Crippen MR) is 80.9 cm³/mol. The number of carboxylic acid groups (broad SMARTS) is 1. The van der Waals surface area contributed by atoms with E-state index in [1.54, 1.807) is 19.1 Å². The van der Waals surface area contributed by atoms with Crippen molar-refractivity contribution in [2.75, 3.05) is 14.2 Å². The molecule has 6 nitrogen and oxygen atoms in total. The van der Waals surface area contributed by atoms with E-state index in [0.717, 1.165) is 6.42 Å². The van der Waals surface area contributed by atoms with E-state index in [1.807, 2.05) is 6.92 Å². The molecule has 22 heavy (non-hydrogen) atoms. The van der Waals surface area contributed by atoms with Gasteiger partial charge in [0.15, 0.2) is 0 Å². The van der Waals surface area contributed by atoms with Gasteiger partial charge in [0, 0.05) is 31.8 Å². The van der Waals surface area contributed by atoms with E-state index in [4.69, 9.17) is 9.84 Å². The third kappa shape index (κ3) is 2.37. The Labute approximate surface area is 130 Å². The zero-order valence-electron chi connectivity index (χ0n) is 13.6. The van der Waals surface area contributed by atoms with Crippen molar-refractivity contribution < 1.29 is 19.4 Å². The summed E-state index contributed by atoms with van der Waals surface area (Å²) in [6.45, 7) is 6.21. The second-order valence-corrected chi connectivity index (χ2v) is 6.53. The SMILES string of the molecule is CO[C@@]1(C)C[C@H](N(C)C(=O)c2ccc(C(=O)O)nc2)C1(C)C. The van der Waals surface area contributed by atoms with Gasteiger partial charge in [0.2, 0.25) is 0 Å². The monoisotopic (exact) mass is 306 g/mol. The maximum Gasteiger partial charge on any atom is 0.354 e. The molecule has 0 bridgehead atoms. The predicted octanol–water partition coefficient (Wildman–Crippen LogP) is 2.06. The molecule has 1 aliphatic rings. The van der Waals surface area contributed by atoms with Crippen molar-refractivity contribution in [2.45, 2.75) is 38.8 Å². The molecule has 0 unspecified atom stereocenters. The minimum Gasteiger partial charge on any atom is -0.477 e. The molecular weight excluding hydrogens is 284 g/mol. The lowest BCUT2D eigenvalue weighted by Crippen LogP contribution is -2.68. The number of ether oxygens (including phenoxy) is 1. The number of hydrogen-bond donors (Lipinski definition) is 1. The molecule has 0 aliphatic heterocycles. The number of rotatable bonds is 4. The Bertz CT molecular complexity index is 597. The summed E-state index contributed by atoms with van der Waals surface area (Å²) in [5, 5.41) is 8.84. The number of carbonyl (C=O) groups is 2. The standard InChI is InChI=1S/C16H22N2O4/c1-15(2)12(8-16(15,3)22-5)18(4)13(19)10-6-7-11(14(20)21)17-9-10/h6-7,9,12H,8H2,1-5H3,(H,20,21)/t12-,16-/m0/s1. The Balaban J connectivity index is 2.15. The van der Waals surface area contributed by atoms with Crippen LogP contribution in [0.5, 0.6) is 0 Å². The molecule has 1 aromatic heterocycles. The third-order valence-electron chi connectivity index (χ3n) is 5.25. The number of amides is 1. The van der Waals surface area contributed by atoms with E-state index in [0.29, 0.717) is 5.56 Å². The van der Waals surface area contributed by atoms with Gasteiger partial charge in [0.05, 0.1) is 11.2 Å². The van der Waals surface area contributed by atoms with Crippen LogP contribution in [0.1, 0.15) is 48.0 Å². The summed E-state index contributed by atoms with van der Waals surface area (Å²) in [6.07, 6.45) is 2.07. The molecule has 1 amide bonds. The fraction of sp³-hybridized carbons (Fsp3) is 0.562. The number of hydrogen-bond acceptors (Lipinski definition) is 4. The van der Waals surface area contributed by atoms with E-state index < -0.39 is 5.97 Å². The Morgan fingerprint density at radius 1 is 1.36 bits per heavy atom. The highest BCUT2D eigenvalue weighted by Crippen LogP contribution is 2.53. The van der Waals surface area contributed by atoms with E-state index in [1.165, 1.54) is 18.3 Å². The van der Waals surface area contributed by atoms with E-state index in [2.05, 4.69) is 18.8 Å². The van der Waals surface area contributed by atoms with Crippen LogP contribution in [0, 0.1) is 5.41 Å². The Morgan fingerprint density at radius 2 is 2.00 bits per heavy atom. The summed E-state index contributed by atoms with van der Waals surface area (Å²) in [4.78, 5) is 28.8. The normalized spacial score (nSPS) is 26.1. The lowest BCUT2D eigenvalue weighted by molar-refractivity contribution is -0.198. The highest BCUT2D eigenvalue weighted by Gasteiger charge is 2.59. The summed E-state index contributed by atoms with van der Waals surface area (Å²) < 4.78 is 5.58. The number of nitrogens with zero attached hydrogens (tertiary/aromatic N) is 2. The first-order valence-corrected chi connectivity index (χ1v) is 7.15. The summed E-state index contributed by atoms with van der Waals surface area (Å²) in [5.41, 5.74) is -0.109. The minimum atomic E-state index is -1.11. The van der Waals surface area contributed by atoms with Crippen LogP contribution in [0.4, 0.5) is 0 Å². The van der Waals surface area contributed by atoms with Crippen molar-refractivity contribution in [3.8, 4) is 0 Å². The van der Waals surface area contributed by atoms with Crippen LogP contribution >= 0.6 is 0 Å². The molecule has 0 saturated heterocycles. The quantitative estimate of drug-likeness (QED) is 0.921. The molecule has 1 fully saturated rings. The lowest BCUT2D eigenvalue weighted by Gasteiger charge is -2.61. The smallest absolute Gasteiger partial charge is 0.354 e. The van der Waals surface area contributed by atoms with Gasteiger partial charge >= 0.3 is 5.97 Å². The molecular formula is C16H22N2O4. The van der Waals surface area contributed by atoms with Crippen LogP contribution in [0.25, 0.3) is 0 Å². The van der Waals surface area contributed by atoms with Gasteiger partial charge in [-0.1, -0.05) is 13.8 Å². The number of methoxy groups -OCH3 is 1. The van der Waals surface area contributed by atoms with E-state index in [-0.39, 0.29) is 28.7 Å². The molecule has 1 saturated carbocycles. The molecule has 0 aromatic carbocycles. The minimum absolute atomic E-state index is 0.0594. The van der Waals surface area contributed by atoms with Gasteiger partial charge in [0.1, 0.15) is 5.69 Å². The molecule has 1 aliphatic carbocycles. The van der Waals surface area contributed by atoms with Crippen LogP contribution < -0.4 is 0 Å². The van der Waals surface area contributed by atoms with Crippen molar-refractivity contribution in [3.05, 3.63) is 29.6 Å². The largest absolute Gasteiger partial charge is 0.477 e. The Kier molecular flexibility index (Phi) is 4.00. The van der Waals surface area contributed by atoms with Gasteiger partial charge in [-0.15, -0.1) is 0 Å². The first-order valence-electron chi connectivity index (χ1n) is 7.15. The Hall–Kier alpha value is -1.95. The molecule has 6 heteroatoms. The maximum atomic E-state index is 12.5. The van der Waals surface area contributed by atoms with Crippen LogP contribution in [-0.4, -0.2) is 52.7 Å². The summed E-state index contributed by atoms with van der Waals surface area (Å²) in [6, 6.07) is 2.90. The first-order chi connectivity index (χ1) is 10.1. The summed E-state index contributed by atoms with van der Waals surface area (Å²) >= 11 is 0. The average Bonchev–Trinajstić information content (AvgIpc) is 2.50. The summed E-state index contributed by atoms with van der Waals surface area (Å²) in [5.74, 6) is -1.27. The van der Waals surface area contributed by atoms with Crippen molar-refractivity contribution in [1.29, 1.82) is 0 Å². The van der Waals surface area contributed by atoms with Crippen molar-refractivity contribution in [3.63, 3.8) is 0 Å². The first kappa shape index (κ1) is 16.4. The maximum absolute atomic E-state index is 12.5. The molecule has 120 valence electrons. The molecule has 1 N–H and O–H groups in total. The second kappa shape index (κ2) is 5.35. The lowest BCUT2D eigenvalue weighted by atomic mass is 9.55. The van der Waals surface area contributed by atoms with Gasteiger partial charge < -0.3 is 14.7 Å². The number of pyridine rings is 1. The van der Waals surface area contributed by atoms with Crippen LogP contribution in [0.2, 0.25) is 0 Å². The number of carboxylic acids is 1. The highest BCUT2D eigenvalue weighted by atomic mass is 16.5. The van der Waals surface area contributed by atoms with Gasteiger partial charge in [0.25, 0.3) is 5.91 Å². The molecule has 2 rings (SSSR count). The van der Waals surface area contributed by atoms with Gasteiger partial charge in [-0.3, -0.25) is 4.79 Å². The number of aromatic carboxylic acids is 1. The van der Waals surface area contributed by atoms with Crippen LogP contribution in [-0.2, 0) is 4.74 Å². The fourth-order valence-electron chi connectivity index (χ4n) is 3.07. The number of carbonyl (C=O) groups excluding carboxylic acids is 1. The van der Waals surface area contributed by atoms with Crippen molar-refractivity contribution >= 4 is 11.9 Å². The van der Waals surface area contributed by atoms with E-state index in [9.17, 15) is 9.59 Å². The second-order valence-electron chi connectivity index (χ2n) is 6.53. The van der Waals surface area contributed by atoms with Gasteiger partial charge in [-0.2, -0.15) is 0 Å². The number of aromatic nitrogens is 1. The van der Waals surface area contributed by atoms with Crippen LogP contribution in [0.3, 0.4) is 0 Å².